The first-order valence-electron chi connectivity index (χ1n) is 6.98. The molecule has 0 aromatic heterocycles. The summed E-state index contributed by atoms with van der Waals surface area (Å²) in [6, 6.07) is 7.30. The molecule has 0 aliphatic heterocycles. The zero-order chi connectivity index (χ0) is 14.4. The molecule has 1 aliphatic rings. The van der Waals surface area contributed by atoms with Gasteiger partial charge in [-0.15, -0.1) is 0 Å². The molecule has 0 atom stereocenters. The lowest BCUT2D eigenvalue weighted by Gasteiger charge is -2.22. The van der Waals surface area contributed by atoms with E-state index >= 15 is 0 Å². The van der Waals surface area contributed by atoms with Crippen LogP contribution >= 0.6 is 11.6 Å². The fourth-order valence-electron chi connectivity index (χ4n) is 2.36. The van der Waals surface area contributed by atoms with Crippen LogP contribution < -0.4 is 10.6 Å². The van der Waals surface area contributed by atoms with E-state index in [9.17, 15) is 9.59 Å². The molecule has 1 saturated carbocycles. The number of carbonyl (C=O) groups excluding carboxylic acids is 2. The van der Waals surface area contributed by atoms with Crippen LogP contribution in [0.3, 0.4) is 0 Å². The van der Waals surface area contributed by atoms with Crippen molar-refractivity contribution in [2.45, 2.75) is 44.7 Å². The summed E-state index contributed by atoms with van der Waals surface area (Å²) < 4.78 is 0. The second-order valence-electron chi connectivity index (χ2n) is 5.12. The Kier molecular flexibility index (Phi) is 5.41. The Morgan fingerprint density at radius 1 is 1.05 bits per heavy atom. The first-order chi connectivity index (χ1) is 9.65. The first-order valence-corrected chi connectivity index (χ1v) is 7.36. The molecule has 0 bridgehead atoms. The van der Waals surface area contributed by atoms with Crippen molar-refractivity contribution in [1.82, 2.24) is 10.6 Å². The average Bonchev–Trinajstić information content (AvgIpc) is 2.47. The molecule has 0 heterocycles. The van der Waals surface area contributed by atoms with Gasteiger partial charge in [-0.05, 0) is 30.5 Å². The summed E-state index contributed by atoms with van der Waals surface area (Å²) in [6.07, 6.45) is 5.40. The number of benzene rings is 1. The van der Waals surface area contributed by atoms with Gasteiger partial charge in [-0.2, -0.15) is 0 Å². The van der Waals surface area contributed by atoms with Crippen LogP contribution in [0.2, 0.25) is 5.02 Å². The lowest BCUT2D eigenvalue weighted by molar-refractivity contribution is -0.139. The normalized spacial score (nSPS) is 15.7. The fourth-order valence-corrected chi connectivity index (χ4v) is 2.49. The number of hydrogen-bond donors (Lipinski definition) is 2. The summed E-state index contributed by atoms with van der Waals surface area (Å²) in [6.45, 7) is 0.327. The summed E-state index contributed by atoms with van der Waals surface area (Å²) in [4.78, 5) is 23.5. The van der Waals surface area contributed by atoms with Gasteiger partial charge < -0.3 is 10.6 Å². The first kappa shape index (κ1) is 14.9. The highest BCUT2D eigenvalue weighted by atomic mass is 35.5. The van der Waals surface area contributed by atoms with E-state index in [1.807, 2.05) is 12.1 Å². The quantitative estimate of drug-likeness (QED) is 0.841. The summed E-state index contributed by atoms with van der Waals surface area (Å²) in [5.41, 5.74) is 0.910. The van der Waals surface area contributed by atoms with Gasteiger partial charge in [-0.25, -0.2) is 0 Å². The van der Waals surface area contributed by atoms with Gasteiger partial charge in [0.2, 0.25) is 0 Å². The SMILES string of the molecule is O=C(NCc1ccc(Cl)cc1)C(=O)NC1CCCCC1. The molecular formula is C15H19ClN2O2. The maximum absolute atomic E-state index is 11.7. The smallest absolute Gasteiger partial charge is 0.309 e. The van der Waals surface area contributed by atoms with Gasteiger partial charge in [0.05, 0.1) is 0 Å². The molecule has 5 heteroatoms. The van der Waals surface area contributed by atoms with Crippen molar-refractivity contribution in [3.05, 3.63) is 34.9 Å². The van der Waals surface area contributed by atoms with Gasteiger partial charge in [-0.1, -0.05) is 43.0 Å². The Morgan fingerprint density at radius 2 is 1.70 bits per heavy atom. The molecule has 2 amide bonds. The second-order valence-corrected chi connectivity index (χ2v) is 5.55. The van der Waals surface area contributed by atoms with Gasteiger partial charge in [0.25, 0.3) is 0 Å². The maximum Gasteiger partial charge on any atom is 0.309 e. The molecule has 20 heavy (non-hydrogen) atoms. The number of nitrogens with one attached hydrogen (secondary N) is 2. The molecule has 1 aliphatic carbocycles. The molecule has 0 unspecified atom stereocenters. The maximum atomic E-state index is 11.7. The summed E-state index contributed by atoms with van der Waals surface area (Å²) >= 11 is 5.78. The van der Waals surface area contributed by atoms with Crippen LogP contribution in [0.5, 0.6) is 0 Å². The summed E-state index contributed by atoms with van der Waals surface area (Å²) in [5.74, 6) is -1.11. The van der Waals surface area contributed by atoms with E-state index in [4.69, 9.17) is 11.6 Å². The van der Waals surface area contributed by atoms with Crippen molar-refractivity contribution in [3.8, 4) is 0 Å². The Balaban J connectivity index is 1.76. The highest BCUT2D eigenvalue weighted by Crippen LogP contribution is 2.17. The van der Waals surface area contributed by atoms with Gasteiger partial charge in [0, 0.05) is 17.6 Å². The topological polar surface area (TPSA) is 58.2 Å². The third-order valence-corrected chi connectivity index (χ3v) is 3.76. The molecule has 0 radical (unpaired) electrons. The Bertz CT molecular complexity index is 467. The number of halogens is 1. The molecule has 108 valence electrons. The van der Waals surface area contributed by atoms with E-state index in [0.717, 1.165) is 31.2 Å². The minimum absolute atomic E-state index is 0.150. The number of rotatable bonds is 3. The molecular weight excluding hydrogens is 276 g/mol. The number of carbonyl (C=O) groups is 2. The van der Waals surface area contributed by atoms with Crippen molar-refractivity contribution in [3.63, 3.8) is 0 Å². The standard InChI is InChI=1S/C15H19ClN2O2/c16-12-8-6-11(7-9-12)10-17-14(19)15(20)18-13-4-2-1-3-5-13/h6-9,13H,1-5,10H2,(H,17,19)(H,18,20). The van der Waals surface area contributed by atoms with Gasteiger partial charge >= 0.3 is 11.8 Å². The fraction of sp³-hybridized carbons (Fsp3) is 0.467. The van der Waals surface area contributed by atoms with E-state index < -0.39 is 11.8 Å². The molecule has 2 rings (SSSR count). The van der Waals surface area contributed by atoms with E-state index in [-0.39, 0.29) is 6.04 Å². The Hall–Kier alpha value is -1.55. The van der Waals surface area contributed by atoms with Gasteiger partial charge in [-0.3, -0.25) is 9.59 Å². The summed E-state index contributed by atoms with van der Waals surface area (Å²) in [5, 5.41) is 6.05. The van der Waals surface area contributed by atoms with Crippen LogP contribution in [0.1, 0.15) is 37.7 Å². The van der Waals surface area contributed by atoms with Crippen molar-refractivity contribution in [2.24, 2.45) is 0 Å². The van der Waals surface area contributed by atoms with Gasteiger partial charge in [0.1, 0.15) is 0 Å². The predicted molar refractivity (Wildman–Crippen MR) is 78.3 cm³/mol. The molecule has 1 aromatic carbocycles. The van der Waals surface area contributed by atoms with Crippen molar-refractivity contribution < 1.29 is 9.59 Å². The second kappa shape index (κ2) is 7.29. The molecule has 0 saturated heterocycles. The molecule has 4 nitrogen and oxygen atoms in total. The molecule has 2 N–H and O–H groups in total. The van der Waals surface area contributed by atoms with Crippen molar-refractivity contribution in [1.29, 1.82) is 0 Å². The third-order valence-electron chi connectivity index (χ3n) is 3.51. The largest absolute Gasteiger partial charge is 0.345 e. The Labute approximate surface area is 123 Å². The molecule has 1 fully saturated rings. The van der Waals surface area contributed by atoms with Crippen molar-refractivity contribution >= 4 is 23.4 Å². The molecule has 0 spiro atoms. The highest BCUT2D eigenvalue weighted by Gasteiger charge is 2.19. The number of hydrogen-bond acceptors (Lipinski definition) is 2. The summed E-state index contributed by atoms with van der Waals surface area (Å²) in [7, 11) is 0. The van der Waals surface area contributed by atoms with E-state index in [0.29, 0.717) is 11.6 Å². The monoisotopic (exact) mass is 294 g/mol. The zero-order valence-corrected chi connectivity index (χ0v) is 12.1. The van der Waals surface area contributed by atoms with E-state index in [1.54, 1.807) is 12.1 Å². The van der Waals surface area contributed by atoms with Crippen LogP contribution in [0.4, 0.5) is 0 Å². The van der Waals surface area contributed by atoms with Crippen LogP contribution in [0.25, 0.3) is 0 Å². The van der Waals surface area contributed by atoms with Crippen LogP contribution in [-0.2, 0) is 16.1 Å². The minimum Gasteiger partial charge on any atom is -0.345 e. The zero-order valence-electron chi connectivity index (χ0n) is 11.3. The predicted octanol–water partition coefficient (Wildman–Crippen LogP) is 2.41. The van der Waals surface area contributed by atoms with Crippen molar-refractivity contribution in [2.75, 3.05) is 0 Å². The molecule has 1 aromatic rings. The average molecular weight is 295 g/mol. The third kappa shape index (κ3) is 4.53. The lowest BCUT2D eigenvalue weighted by Crippen LogP contribution is -2.45. The highest BCUT2D eigenvalue weighted by molar-refractivity contribution is 6.35. The van der Waals surface area contributed by atoms with Crippen LogP contribution in [0.15, 0.2) is 24.3 Å². The lowest BCUT2D eigenvalue weighted by atomic mass is 9.95. The van der Waals surface area contributed by atoms with E-state index in [1.165, 1.54) is 6.42 Å². The number of amides is 2. The van der Waals surface area contributed by atoms with E-state index in [2.05, 4.69) is 10.6 Å². The van der Waals surface area contributed by atoms with Gasteiger partial charge in [0.15, 0.2) is 0 Å². The minimum atomic E-state index is -0.578. The van der Waals surface area contributed by atoms with Crippen LogP contribution in [0, 0.1) is 0 Å². The van der Waals surface area contributed by atoms with Crippen LogP contribution in [-0.4, -0.2) is 17.9 Å². The Morgan fingerprint density at radius 3 is 2.35 bits per heavy atom.